The quantitative estimate of drug-likeness (QED) is 0.399. The Morgan fingerprint density at radius 1 is 0.759 bits per heavy atom. The summed E-state index contributed by atoms with van der Waals surface area (Å²) in [4.78, 5) is 10.7. The minimum absolute atomic E-state index is 0.102. The number of carboxylic acids is 1. The van der Waals surface area contributed by atoms with E-state index >= 15 is 0 Å². The van der Waals surface area contributed by atoms with Gasteiger partial charge in [-0.05, 0) is 13.8 Å². The Bertz CT molecular complexity index is 661. The normalized spacial score (nSPS) is 17.1. The number of rotatable bonds is 8. The van der Waals surface area contributed by atoms with Gasteiger partial charge in [-0.3, -0.25) is 0 Å². The van der Waals surface area contributed by atoms with E-state index in [1.165, 1.54) is 0 Å². The van der Waals surface area contributed by atoms with Crippen LogP contribution in [0.3, 0.4) is 0 Å². The molecule has 29 heavy (non-hydrogen) atoms. The molecule has 0 aromatic rings. The molecule has 0 amide bonds. The molecule has 0 aliphatic rings. The predicted molar refractivity (Wildman–Crippen MR) is 67.4 cm³/mol. The maximum absolute atomic E-state index is 14.0. The SMILES string of the molecule is CC(C(=O)O)=C(CC(C)O)C(F)(F)C(F)(F)C(F)(F)C(F)(F)C(F)(F)C(F)(F)F. The van der Waals surface area contributed by atoms with Gasteiger partial charge in [0.1, 0.15) is 0 Å². The molecule has 0 saturated heterocycles. The van der Waals surface area contributed by atoms with Crippen LogP contribution in [-0.4, -0.2) is 58.1 Å². The highest BCUT2D eigenvalue weighted by Gasteiger charge is 2.91. The van der Waals surface area contributed by atoms with Gasteiger partial charge in [0, 0.05) is 17.6 Å². The summed E-state index contributed by atoms with van der Waals surface area (Å²) in [7, 11) is 0. The summed E-state index contributed by atoms with van der Waals surface area (Å²) in [5.74, 6) is -40.8. The van der Waals surface area contributed by atoms with E-state index in [9.17, 15) is 61.9 Å². The molecule has 0 radical (unpaired) electrons. The van der Waals surface area contributed by atoms with Crippen molar-refractivity contribution < 1.29 is 72.1 Å². The molecule has 0 heterocycles. The molecule has 0 bridgehead atoms. The molecular weight excluding hydrogens is 451 g/mol. The zero-order chi connectivity index (χ0) is 24.0. The van der Waals surface area contributed by atoms with Gasteiger partial charge in [0.25, 0.3) is 0 Å². The van der Waals surface area contributed by atoms with Crippen LogP contribution in [0.4, 0.5) is 57.1 Å². The fourth-order valence-electron chi connectivity index (χ4n) is 1.90. The Morgan fingerprint density at radius 3 is 1.38 bits per heavy atom. The molecule has 1 unspecified atom stereocenters. The number of aliphatic hydroxyl groups excluding tert-OH is 1. The first kappa shape index (κ1) is 27.3. The first-order chi connectivity index (χ1) is 12.4. The fraction of sp³-hybridized carbons (Fsp3) is 0.769. The lowest BCUT2D eigenvalue weighted by Gasteiger charge is -2.40. The number of carboxylic acid groups (broad SMARTS) is 1. The minimum atomic E-state index is -8.09. The summed E-state index contributed by atoms with van der Waals surface area (Å²) in [6.07, 6.45) is -11.6. The summed E-state index contributed by atoms with van der Waals surface area (Å²) in [5, 5.41) is 17.5. The molecule has 2 N–H and O–H groups in total. The molecule has 0 saturated carbocycles. The van der Waals surface area contributed by atoms with Crippen molar-refractivity contribution in [3.05, 3.63) is 11.1 Å². The molecular formula is C13H11F13O3. The first-order valence-electron chi connectivity index (χ1n) is 6.98. The van der Waals surface area contributed by atoms with Gasteiger partial charge in [-0.1, -0.05) is 0 Å². The smallest absolute Gasteiger partial charge is 0.460 e. The molecule has 0 aromatic heterocycles. The van der Waals surface area contributed by atoms with Crippen LogP contribution in [-0.2, 0) is 4.79 Å². The lowest BCUT2D eigenvalue weighted by molar-refractivity contribution is -0.437. The zero-order valence-corrected chi connectivity index (χ0v) is 14.0. The summed E-state index contributed by atoms with van der Waals surface area (Å²) >= 11 is 0. The van der Waals surface area contributed by atoms with Crippen LogP contribution in [0.15, 0.2) is 11.1 Å². The number of aliphatic hydroxyl groups is 1. The van der Waals surface area contributed by atoms with E-state index in [4.69, 9.17) is 10.2 Å². The van der Waals surface area contributed by atoms with Gasteiger partial charge in [0.2, 0.25) is 0 Å². The van der Waals surface area contributed by atoms with Crippen molar-refractivity contribution in [2.45, 2.75) is 62.2 Å². The molecule has 0 aliphatic heterocycles. The van der Waals surface area contributed by atoms with Crippen LogP contribution in [0.1, 0.15) is 20.3 Å². The van der Waals surface area contributed by atoms with E-state index in [2.05, 4.69) is 0 Å². The van der Waals surface area contributed by atoms with Gasteiger partial charge in [-0.2, -0.15) is 57.1 Å². The highest BCUT2D eigenvalue weighted by molar-refractivity contribution is 5.87. The molecule has 172 valence electrons. The Morgan fingerprint density at radius 2 is 1.10 bits per heavy atom. The minimum Gasteiger partial charge on any atom is -0.478 e. The van der Waals surface area contributed by atoms with Gasteiger partial charge in [0.15, 0.2) is 0 Å². The van der Waals surface area contributed by atoms with Gasteiger partial charge in [-0.15, -0.1) is 0 Å². The van der Waals surface area contributed by atoms with Gasteiger partial charge >= 0.3 is 41.8 Å². The highest BCUT2D eigenvalue weighted by Crippen LogP contribution is 2.61. The van der Waals surface area contributed by atoms with E-state index in [1.54, 1.807) is 0 Å². The van der Waals surface area contributed by atoms with E-state index in [-0.39, 0.29) is 6.92 Å². The Labute approximate surface area is 152 Å². The fourth-order valence-corrected chi connectivity index (χ4v) is 1.90. The number of hydrogen-bond donors (Lipinski definition) is 2. The molecule has 0 aromatic carbocycles. The molecule has 3 nitrogen and oxygen atoms in total. The van der Waals surface area contributed by atoms with Crippen molar-refractivity contribution in [2.75, 3.05) is 0 Å². The third-order valence-electron chi connectivity index (χ3n) is 3.59. The summed E-state index contributed by atoms with van der Waals surface area (Å²) in [5.41, 5.74) is -4.45. The third-order valence-corrected chi connectivity index (χ3v) is 3.59. The van der Waals surface area contributed by atoms with Crippen molar-refractivity contribution in [3.63, 3.8) is 0 Å². The Hall–Kier alpha value is -1.74. The van der Waals surface area contributed by atoms with E-state index in [1.807, 2.05) is 0 Å². The second-order valence-corrected chi connectivity index (χ2v) is 5.83. The third kappa shape index (κ3) is 4.12. The van der Waals surface area contributed by atoms with Gasteiger partial charge in [0.05, 0.1) is 6.10 Å². The largest absolute Gasteiger partial charge is 0.478 e. The van der Waals surface area contributed by atoms with Crippen molar-refractivity contribution in [3.8, 4) is 0 Å². The molecule has 1 atom stereocenters. The maximum Gasteiger partial charge on any atom is 0.460 e. The standard InChI is InChI=1S/C13H11F13O3/c1-4(27)3-6(5(2)7(28)29)8(14,15)9(16,17)10(18,19)11(20,21)12(22,23)13(24,25)26/h4,27H,3H2,1-2H3,(H,28,29). The maximum atomic E-state index is 14.0. The molecule has 0 aliphatic carbocycles. The summed E-state index contributed by atoms with van der Waals surface area (Å²) in [6.45, 7) is 0.651. The van der Waals surface area contributed by atoms with E-state index in [0.29, 0.717) is 6.92 Å². The van der Waals surface area contributed by atoms with Crippen LogP contribution >= 0.6 is 0 Å². The van der Waals surface area contributed by atoms with Crippen LogP contribution in [0.5, 0.6) is 0 Å². The Balaban J connectivity index is 6.84. The van der Waals surface area contributed by atoms with E-state index < -0.39 is 65.4 Å². The predicted octanol–water partition coefficient (Wildman–Crippen LogP) is 4.90. The van der Waals surface area contributed by atoms with Crippen molar-refractivity contribution in [1.29, 1.82) is 0 Å². The zero-order valence-electron chi connectivity index (χ0n) is 14.0. The topological polar surface area (TPSA) is 57.5 Å². The molecule has 16 heteroatoms. The van der Waals surface area contributed by atoms with Crippen LogP contribution in [0.2, 0.25) is 0 Å². The Kier molecular flexibility index (Phi) is 7.05. The number of carbonyl (C=O) groups is 1. The summed E-state index contributed by atoms with van der Waals surface area (Å²) < 4.78 is 170. The van der Waals surface area contributed by atoms with Crippen LogP contribution in [0, 0.1) is 0 Å². The number of alkyl halides is 13. The average molecular weight is 462 g/mol. The van der Waals surface area contributed by atoms with Crippen LogP contribution in [0.25, 0.3) is 0 Å². The van der Waals surface area contributed by atoms with Gasteiger partial charge < -0.3 is 10.2 Å². The average Bonchev–Trinajstić information content (AvgIpc) is 2.49. The first-order valence-corrected chi connectivity index (χ1v) is 6.98. The molecule has 0 fully saturated rings. The molecule has 0 rings (SSSR count). The van der Waals surface area contributed by atoms with Crippen molar-refractivity contribution in [2.24, 2.45) is 0 Å². The van der Waals surface area contributed by atoms with Crippen molar-refractivity contribution in [1.82, 2.24) is 0 Å². The second-order valence-electron chi connectivity index (χ2n) is 5.83. The van der Waals surface area contributed by atoms with Gasteiger partial charge in [-0.25, -0.2) is 4.79 Å². The molecule has 0 spiro atoms. The highest BCUT2D eigenvalue weighted by atomic mass is 19.4. The van der Waals surface area contributed by atoms with Crippen molar-refractivity contribution >= 4 is 5.97 Å². The lowest BCUT2D eigenvalue weighted by Crippen LogP contribution is -2.70. The second kappa shape index (κ2) is 7.50. The summed E-state index contributed by atoms with van der Waals surface area (Å²) in [6, 6.07) is 0. The number of aliphatic carboxylic acids is 1. The van der Waals surface area contributed by atoms with Crippen LogP contribution < -0.4 is 0 Å². The van der Waals surface area contributed by atoms with E-state index in [0.717, 1.165) is 0 Å². The number of hydrogen-bond acceptors (Lipinski definition) is 2. The monoisotopic (exact) mass is 462 g/mol. The number of halogens is 13. The lowest BCUT2D eigenvalue weighted by atomic mass is 9.86.